The molecule has 0 bridgehead atoms. The number of halogens is 1. The van der Waals surface area contributed by atoms with Crippen LogP contribution in [0.3, 0.4) is 0 Å². The maximum Gasteiger partial charge on any atom is 0.242 e. The van der Waals surface area contributed by atoms with Gasteiger partial charge in [-0.25, -0.2) is 4.98 Å². The summed E-state index contributed by atoms with van der Waals surface area (Å²) in [6, 6.07) is 15.5. The average Bonchev–Trinajstić information content (AvgIpc) is 3.19. The molecule has 0 aliphatic carbocycles. The van der Waals surface area contributed by atoms with E-state index in [1.165, 1.54) is 0 Å². The molecule has 2 amide bonds. The van der Waals surface area contributed by atoms with E-state index >= 15 is 0 Å². The number of fused-ring (bicyclic) bond motifs is 1. The van der Waals surface area contributed by atoms with Gasteiger partial charge in [-0.1, -0.05) is 76.0 Å². The van der Waals surface area contributed by atoms with E-state index in [2.05, 4.69) is 37.6 Å². The summed E-state index contributed by atoms with van der Waals surface area (Å²) < 4.78 is 2.09. The molecular weight excluding hydrogens is 484 g/mol. The third-order valence-electron chi connectivity index (χ3n) is 6.26. The topological polar surface area (TPSA) is 67.2 Å². The standard InChI is InChI=1S/C30H41ClN4O2/c1-22(2)19-34(20-23(3)4)30(37)21-35-27-15-10-9-14-26(27)33-28(35)16-6-5-11-17-32-29(36)18-24-12-7-8-13-25(24)31/h7-10,12-15,22-23H,5-6,11,16-21H2,1-4H3,(H,32,36). The van der Waals surface area contributed by atoms with Crippen molar-refractivity contribution in [3.8, 4) is 0 Å². The monoisotopic (exact) mass is 524 g/mol. The van der Waals surface area contributed by atoms with Crippen LogP contribution in [0.2, 0.25) is 5.02 Å². The molecule has 3 aromatic rings. The van der Waals surface area contributed by atoms with Crippen molar-refractivity contribution >= 4 is 34.4 Å². The second-order valence-electron chi connectivity index (χ2n) is 10.6. The van der Waals surface area contributed by atoms with Gasteiger partial charge < -0.3 is 14.8 Å². The number of rotatable bonds is 14. The van der Waals surface area contributed by atoms with Crippen molar-refractivity contribution in [2.24, 2.45) is 11.8 Å². The van der Waals surface area contributed by atoms with E-state index in [9.17, 15) is 9.59 Å². The smallest absolute Gasteiger partial charge is 0.242 e. The molecule has 0 saturated heterocycles. The maximum absolute atomic E-state index is 13.3. The molecule has 0 fully saturated rings. The summed E-state index contributed by atoms with van der Waals surface area (Å²) in [6.45, 7) is 11.1. The van der Waals surface area contributed by atoms with Gasteiger partial charge >= 0.3 is 0 Å². The molecule has 1 N–H and O–H groups in total. The van der Waals surface area contributed by atoms with E-state index in [1.54, 1.807) is 6.07 Å². The fourth-order valence-electron chi connectivity index (χ4n) is 4.58. The van der Waals surface area contributed by atoms with E-state index < -0.39 is 0 Å². The van der Waals surface area contributed by atoms with Crippen molar-refractivity contribution < 1.29 is 9.59 Å². The highest BCUT2D eigenvalue weighted by Crippen LogP contribution is 2.19. The fraction of sp³-hybridized carbons (Fsp3) is 0.500. The number of hydrogen-bond donors (Lipinski definition) is 1. The second kappa shape index (κ2) is 14.2. The van der Waals surface area contributed by atoms with Crippen LogP contribution in [0, 0.1) is 11.8 Å². The molecule has 3 rings (SSSR count). The Labute approximate surface area is 226 Å². The van der Waals surface area contributed by atoms with E-state index in [1.807, 2.05) is 47.4 Å². The maximum atomic E-state index is 13.3. The summed E-state index contributed by atoms with van der Waals surface area (Å²) in [5.74, 6) is 1.93. The lowest BCUT2D eigenvalue weighted by molar-refractivity contribution is -0.133. The minimum absolute atomic E-state index is 0.0132. The third kappa shape index (κ3) is 8.89. The SMILES string of the molecule is CC(C)CN(CC(C)C)C(=O)Cn1c(CCCCCNC(=O)Cc2ccccc2Cl)nc2ccccc21. The number of unbranched alkanes of at least 4 members (excludes halogenated alkanes) is 2. The molecule has 0 unspecified atom stereocenters. The number of hydrogen-bond acceptors (Lipinski definition) is 3. The zero-order valence-corrected chi connectivity index (χ0v) is 23.4. The van der Waals surface area contributed by atoms with Crippen LogP contribution < -0.4 is 5.32 Å². The Morgan fingerprint density at radius 3 is 2.32 bits per heavy atom. The van der Waals surface area contributed by atoms with E-state index in [0.29, 0.717) is 36.4 Å². The number of carbonyl (C=O) groups excluding carboxylic acids is 2. The largest absolute Gasteiger partial charge is 0.356 e. The second-order valence-corrected chi connectivity index (χ2v) is 11.0. The lowest BCUT2D eigenvalue weighted by Crippen LogP contribution is -2.39. The zero-order valence-electron chi connectivity index (χ0n) is 22.7. The van der Waals surface area contributed by atoms with Crippen LogP contribution in [0.25, 0.3) is 11.0 Å². The first kappa shape index (κ1) is 28.7. The van der Waals surface area contributed by atoms with Crippen LogP contribution in [0.15, 0.2) is 48.5 Å². The van der Waals surface area contributed by atoms with Crippen LogP contribution in [0.4, 0.5) is 0 Å². The first-order valence-electron chi connectivity index (χ1n) is 13.5. The number of para-hydroxylation sites is 2. The number of imidazole rings is 1. The molecule has 1 heterocycles. The Balaban J connectivity index is 1.54. The van der Waals surface area contributed by atoms with Crippen molar-refractivity contribution in [3.05, 3.63) is 64.9 Å². The van der Waals surface area contributed by atoms with E-state index in [-0.39, 0.29) is 11.8 Å². The lowest BCUT2D eigenvalue weighted by Gasteiger charge is -2.27. The molecule has 1 aromatic heterocycles. The molecule has 0 radical (unpaired) electrons. The number of nitrogens with zero attached hydrogens (tertiary/aromatic N) is 3. The number of amides is 2. The molecule has 0 spiro atoms. The molecule has 37 heavy (non-hydrogen) atoms. The highest BCUT2D eigenvalue weighted by Gasteiger charge is 2.20. The summed E-state index contributed by atoms with van der Waals surface area (Å²) in [4.78, 5) is 32.4. The predicted molar refractivity (Wildman–Crippen MR) is 152 cm³/mol. The van der Waals surface area contributed by atoms with Gasteiger partial charge in [-0.3, -0.25) is 9.59 Å². The van der Waals surface area contributed by atoms with Crippen molar-refractivity contribution in [2.75, 3.05) is 19.6 Å². The Morgan fingerprint density at radius 2 is 1.62 bits per heavy atom. The van der Waals surface area contributed by atoms with Crippen LogP contribution in [0.5, 0.6) is 0 Å². The number of benzene rings is 2. The van der Waals surface area contributed by atoms with Crippen LogP contribution in [-0.2, 0) is 29.0 Å². The Kier molecular flexibility index (Phi) is 11.0. The van der Waals surface area contributed by atoms with Gasteiger partial charge in [-0.15, -0.1) is 0 Å². The molecule has 200 valence electrons. The summed E-state index contributed by atoms with van der Waals surface area (Å²) >= 11 is 6.15. The Hall–Kier alpha value is -2.86. The van der Waals surface area contributed by atoms with Gasteiger partial charge in [0, 0.05) is 31.1 Å². The van der Waals surface area contributed by atoms with Crippen molar-refractivity contribution in [2.45, 2.75) is 66.3 Å². The first-order chi connectivity index (χ1) is 17.7. The van der Waals surface area contributed by atoms with Crippen LogP contribution in [0.1, 0.15) is 58.3 Å². The Bertz CT molecular complexity index is 1160. The molecule has 2 aromatic carbocycles. The number of nitrogens with one attached hydrogen (secondary N) is 1. The number of aromatic nitrogens is 2. The summed E-state index contributed by atoms with van der Waals surface area (Å²) in [5, 5.41) is 3.61. The minimum Gasteiger partial charge on any atom is -0.356 e. The third-order valence-corrected chi connectivity index (χ3v) is 6.63. The molecule has 0 saturated carbocycles. The Morgan fingerprint density at radius 1 is 0.946 bits per heavy atom. The zero-order chi connectivity index (χ0) is 26.8. The van der Waals surface area contributed by atoms with Crippen molar-refractivity contribution in [1.29, 1.82) is 0 Å². The van der Waals surface area contributed by atoms with Gasteiger partial charge in [-0.05, 0) is 48.4 Å². The van der Waals surface area contributed by atoms with Crippen molar-refractivity contribution in [1.82, 2.24) is 19.8 Å². The van der Waals surface area contributed by atoms with E-state index in [4.69, 9.17) is 16.6 Å². The fourth-order valence-corrected chi connectivity index (χ4v) is 4.78. The van der Waals surface area contributed by atoms with Crippen molar-refractivity contribution in [3.63, 3.8) is 0 Å². The molecule has 0 aliphatic heterocycles. The highest BCUT2D eigenvalue weighted by atomic mass is 35.5. The summed E-state index contributed by atoms with van der Waals surface area (Å²) in [5.41, 5.74) is 2.78. The van der Waals surface area contributed by atoms with Gasteiger partial charge in [-0.2, -0.15) is 0 Å². The molecule has 7 heteroatoms. The number of carbonyl (C=O) groups is 2. The average molecular weight is 525 g/mol. The molecule has 6 nitrogen and oxygen atoms in total. The van der Waals surface area contributed by atoms with Gasteiger partial charge in [0.1, 0.15) is 12.4 Å². The van der Waals surface area contributed by atoms with Gasteiger partial charge in [0.05, 0.1) is 17.5 Å². The highest BCUT2D eigenvalue weighted by molar-refractivity contribution is 6.31. The van der Waals surface area contributed by atoms with Gasteiger partial charge in [0.2, 0.25) is 11.8 Å². The van der Waals surface area contributed by atoms with E-state index in [0.717, 1.165) is 61.2 Å². The van der Waals surface area contributed by atoms with Gasteiger partial charge in [0.15, 0.2) is 0 Å². The summed E-state index contributed by atoms with van der Waals surface area (Å²) in [7, 11) is 0. The lowest BCUT2D eigenvalue weighted by atomic mass is 10.1. The summed E-state index contributed by atoms with van der Waals surface area (Å²) in [6.07, 6.45) is 3.90. The molecular formula is C30H41ClN4O2. The first-order valence-corrected chi connectivity index (χ1v) is 13.8. The number of aryl methyl sites for hydroxylation is 1. The predicted octanol–water partition coefficient (Wildman–Crippen LogP) is 5.90. The van der Waals surface area contributed by atoms with Crippen LogP contribution in [-0.4, -0.2) is 45.9 Å². The quantitative estimate of drug-likeness (QED) is 0.267. The molecule has 0 aliphatic rings. The normalized spacial score (nSPS) is 11.4. The van der Waals surface area contributed by atoms with Gasteiger partial charge in [0.25, 0.3) is 0 Å². The van der Waals surface area contributed by atoms with Crippen LogP contribution >= 0.6 is 11.6 Å². The minimum atomic E-state index is -0.0132. The molecule has 0 atom stereocenters.